The molecule has 0 spiro atoms. The first kappa shape index (κ1) is 32.5. The number of rotatable bonds is 13. The van der Waals surface area contributed by atoms with Crippen LogP contribution >= 0.6 is 19.1 Å². The maximum atomic E-state index is 13.8. The lowest BCUT2D eigenvalue weighted by Crippen LogP contribution is -2.28. The minimum Gasteiger partial charge on any atom is -0.504 e. The molecule has 232 valence electrons. The van der Waals surface area contributed by atoms with Crippen molar-refractivity contribution in [3.63, 3.8) is 0 Å². The van der Waals surface area contributed by atoms with Crippen molar-refractivity contribution in [1.82, 2.24) is 9.81 Å². The van der Waals surface area contributed by atoms with E-state index in [-0.39, 0.29) is 53.1 Å². The van der Waals surface area contributed by atoms with E-state index in [0.717, 1.165) is 23.5 Å². The van der Waals surface area contributed by atoms with Gasteiger partial charge in [0.15, 0.2) is 23.0 Å². The normalized spacial score (nSPS) is 12.7. The van der Waals surface area contributed by atoms with E-state index in [2.05, 4.69) is 5.32 Å². The van der Waals surface area contributed by atoms with Gasteiger partial charge < -0.3 is 40.2 Å². The number of phenolic OH excluding ortho intramolecular Hbond substituents is 2. The summed E-state index contributed by atoms with van der Waals surface area (Å²) in [5, 5.41) is 31.2. The minimum absolute atomic E-state index is 0.0226. The smallest absolute Gasteiger partial charge is 0.469 e. The van der Waals surface area contributed by atoms with Gasteiger partial charge in [0.2, 0.25) is 0 Å². The standard InChI is InChI=1S/C26H24FN4O10PS2/c27-19-12-17(5-4-15(19)14-29)41-42(35,36)31-44(37,38)24-11-16-10-21(39-8-6-28)22(13-23(16)43-24)40-9-7-30-26(34)18-2-1-3-20(32)25(18)33/h1-5,10-13,32-33H,6-9,28H2,(H,30,34)(H2,31,35,36). The Morgan fingerprint density at radius 3 is 2.52 bits per heavy atom. The molecule has 0 aliphatic heterocycles. The molecule has 4 aromatic rings. The summed E-state index contributed by atoms with van der Waals surface area (Å²) < 4.78 is 70.1. The summed E-state index contributed by atoms with van der Waals surface area (Å²) in [5.74, 6) is -2.81. The lowest BCUT2D eigenvalue weighted by molar-refractivity contribution is 0.0943. The molecule has 0 aliphatic carbocycles. The van der Waals surface area contributed by atoms with Gasteiger partial charge in [-0.25, -0.2) is 17.4 Å². The Balaban J connectivity index is 1.49. The third-order valence-corrected chi connectivity index (χ3v) is 10.4. The number of halogens is 1. The Morgan fingerprint density at radius 2 is 1.82 bits per heavy atom. The van der Waals surface area contributed by atoms with E-state index in [1.807, 2.05) is 0 Å². The predicted octanol–water partition coefficient (Wildman–Crippen LogP) is 2.93. The number of hydrogen-bond acceptors (Lipinski definition) is 12. The second kappa shape index (κ2) is 13.5. The number of nitrogens with zero attached hydrogens (tertiary/aromatic N) is 1. The number of thiophene rings is 1. The molecule has 0 bridgehead atoms. The van der Waals surface area contributed by atoms with Gasteiger partial charge in [0.1, 0.15) is 35.1 Å². The average Bonchev–Trinajstić information content (AvgIpc) is 3.38. The van der Waals surface area contributed by atoms with E-state index in [1.165, 1.54) is 36.4 Å². The van der Waals surface area contributed by atoms with Gasteiger partial charge in [-0.15, -0.1) is 15.8 Å². The van der Waals surface area contributed by atoms with E-state index < -0.39 is 46.7 Å². The largest absolute Gasteiger partial charge is 0.504 e. The molecule has 14 nitrogen and oxygen atoms in total. The van der Waals surface area contributed by atoms with Crippen LogP contribution in [0.2, 0.25) is 0 Å². The Kier molecular flexibility index (Phi) is 9.95. The molecular weight excluding hydrogens is 642 g/mol. The van der Waals surface area contributed by atoms with Gasteiger partial charge in [-0.1, -0.05) is 6.07 Å². The highest BCUT2D eigenvalue weighted by Crippen LogP contribution is 2.43. The number of aromatic hydroxyl groups is 2. The zero-order valence-electron chi connectivity index (χ0n) is 22.4. The fraction of sp³-hybridized carbons (Fsp3) is 0.154. The number of amides is 1. The maximum absolute atomic E-state index is 13.8. The van der Waals surface area contributed by atoms with Crippen LogP contribution in [-0.4, -0.2) is 55.7 Å². The van der Waals surface area contributed by atoms with Crippen molar-refractivity contribution in [1.29, 1.82) is 5.26 Å². The number of fused-ring (bicyclic) bond motifs is 1. The first-order chi connectivity index (χ1) is 20.8. The number of carbonyl (C=O) groups is 1. The number of nitriles is 1. The van der Waals surface area contributed by atoms with Crippen LogP contribution in [0.15, 0.2) is 58.8 Å². The molecule has 1 heterocycles. The highest BCUT2D eigenvalue weighted by atomic mass is 32.3. The molecule has 0 radical (unpaired) electrons. The molecular formula is C26H24FN4O10PS2. The van der Waals surface area contributed by atoms with Crippen LogP contribution in [0.4, 0.5) is 4.39 Å². The summed E-state index contributed by atoms with van der Waals surface area (Å²) in [6, 6.07) is 12.4. The zero-order valence-corrected chi connectivity index (χ0v) is 24.9. The van der Waals surface area contributed by atoms with E-state index in [0.29, 0.717) is 16.2 Å². The highest BCUT2D eigenvalue weighted by Gasteiger charge is 2.32. The number of hydrogen-bond donors (Lipinski definition) is 6. The number of ether oxygens (including phenoxy) is 2. The van der Waals surface area contributed by atoms with Crippen LogP contribution in [0.5, 0.6) is 28.7 Å². The molecule has 4 rings (SSSR count). The Bertz CT molecular complexity index is 1910. The van der Waals surface area contributed by atoms with Crippen LogP contribution in [0.25, 0.3) is 10.1 Å². The molecule has 0 saturated carbocycles. The van der Waals surface area contributed by atoms with Crippen molar-refractivity contribution in [3.8, 4) is 34.8 Å². The number of nitrogens with two attached hydrogens (primary N) is 1. The molecule has 1 aromatic heterocycles. The fourth-order valence-electron chi connectivity index (χ4n) is 3.69. The predicted molar refractivity (Wildman–Crippen MR) is 156 cm³/mol. The molecule has 3 aromatic carbocycles. The molecule has 1 amide bonds. The first-order valence-corrected chi connectivity index (χ1v) is 16.3. The summed E-state index contributed by atoms with van der Waals surface area (Å²) in [6.45, 7) is 0.149. The highest BCUT2D eigenvalue weighted by molar-refractivity contribution is 7.96. The molecule has 0 fully saturated rings. The van der Waals surface area contributed by atoms with Crippen molar-refractivity contribution < 1.29 is 51.3 Å². The Labute approximate surface area is 253 Å². The van der Waals surface area contributed by atoms with Gasteiger partial charge in [-0.2, -0.15) is 5.26 Å². The van der Waals surface area contributed by atoms with Crippen LogP contribution in [0.1, 0.15) is 15.9 Å². The molecule has 0 aliphatic rings. The summed E-state index contributed by atoms with van der Waals surface area (Å²) >= 11 is 0.734. The second-order valence-corrected chi connectivity index (χ2v) is 13.5. The topological polar surface area (TPSA) is 231 Å². The molecule has 1 atom stereocenters. The van der Waals surface area contributed by atoms with E-state index >= 15 is 0 Å². The minimum atomic E-state index is -5.08. The third kappa shape index (κ3) is 7.74. The molecule has 1 unspecified atom stereocenters. The Morgan fingerprint density at radius 1 is 1.09 bits per heavy atom. The van der Waals surface area contributed by atoms with Crippen LogP contribution in [0, 0.1) is 17.1 Å². The molecule has 0 saturated heterocycles. The number of para-hydroxylation sites is 1. The van der Waals surface area contributed by atoms with Crippen LogP contribution < -0.4 is 29.5 Å². The summed E-state index contributed by atoms with van der Waals surface area (Å²) in [7, 11) is -9.72. The van der Waals surface area contributed by atoms with E-state index in [4.69, 9.17) is 25.0 Å². The average molecular weight is 667 g/mol. The fourth-order valence-corrected chi connectivity index (χ4v) is 7.94. The summed E-state index contributed by atoms with van der Waals surface area (Å²) in [4.78, 5) is 22.5. The van der Waals surface area contributed by atoms with E-state index in [9.17, 15) is 37.3 Å². The number of phenols is 2. The number of sulfonamides is 1. The molecule has 7 N–H and O–H groups in total. The van der Waals surface area contributed by atoms with Crippen molar-refractivity contribution >= 4 is 45.1 Å². The van der Waals surface area contributed by atoms with Crippen molar-refractivity contribution in [3.05, 3.63) is 71.5 Å². The van der Waals surface area contributed by atoms with Crippen molar-refractivity contribution in [2.45, 2.75) is 4.21 Å². The van der Waals surface area contributed by atoms with Crippen LogP contribution in [0.3, 0.4) is 0 Å². The number of benzene rings is 3. The quantitative estimate of drug-likeness (QED) is 0.0687. The van der Waals surface area contributed by atoms with Gasteiger partial charge in [-0.05, 0) is 41.8 Å². The van der Waals surface area contributed by atoms with Gasteiger partial charge in [0.05, 0.1) is 17.7 Å². The summed E-state index contributed by atoms with van der Waals surface area (Å²) in [5.41, 5.74) is 5.06. The lowest BCUT2D eigenvalue weighted by atomic mass is 10.1. The second-order valence-electron chi connectivity index (χ2n) is 8.78. The third-order valence-electron chi connectivity index (χ3n) is 5.63. The lowest BCUT2D eigenvalue weighted by Gasteiger charge is -2.14. The van der Waals surface area contributed by atoms with Gasteiger partial charge >= 0.3 is 7.75 Å². The monoisotopic (exact) mass is 666 g/mol. The molecule has 18 heteroatoms. The van der Waals surface area contributed by atoms with Gasteiger partial charge in [0.25, 0.3) is 15.9 Å². The SMILES string of the molecule is N#Cc1ccc(OP(=O)(O)NS(=O)(=O)c2cc3cc(OCCN)c(OCCNC(=O)c4cccc(O)c4O)cc3s2)cc1F. The van der Waals surface area contributed by atoms with Gasteiger partial charge in [0, 0.05) is 23.4 Å². The number of carbonyl (C=O) groups excluding carboxylic acids is 1. The number of nitrogens with one attached hydrogen (secondary N) is 2. The zero-order chi connectivity index (χ0) is 32.1. The summed E-state index contributed by atoms with van der Waals surface area (Å²) in [6.07, 6.45) is 0. The molecule has 44 heavy (non-hydrogen) atoms. The van der Waals surface area contributed by atoms with E-state index in [1.54, 1.807) is 10.6 Å². The van der Waals surface area contributed by atoms with Crippen LogP contribution in [-0.2, 0) is 14.6 Å². The first-order valence-electron chi connectivity index (χ1n) is 12.4. The van der Waals surface area contributed by atoms with Crippen molar-refractivity contribution in [2.24, 2.45) is 5.73 Å². The van der Waals surface area contributed by atoms with Gasteiger partial charge in [-0.3, -0.25) is 4.79 Å². The van der Waals surface area contributed by atoms with Crippen molar-refractivity contribution in [2.75, 3.05) is 26.3 Å². The maximum Gasteiger partial charge on any atom is 0.469 e. The Hall–Kier alpha value is -4.43.